The molecule has 108 valence electrons. The maximum absolute atomic E-state index is 13.4. The lowest BCUT2D eigenvalue weighted by molar-refractivity contribution is -0.0553. The minimum absolute atomic E-state index is 0.0930. The van der Waals surface area contributed by atoms with Crippen molar-refractivity contribution in [2.24, 2.45) is 11.8 Å². The Balaban J connectivity index is 2.49. The van der Waals surface area contributed by atoms with E-state index in [1.807, 2.05) is 11.8 Å². The van der Waals surface area contributed by atoms with E-state index >= 15 is 0 Å². The van der Waals surface area contributed by atoms with E-state index in [0.717, 1.165) is 25.1 Å². The number of thioether (sulfide) groups is 1. The van der Waals surface area contributed by atoms with Gasteiger partial charge in [0.05, 0.1) is 0 Å². The zero-order valence-electron chi connectivity index (χ0n) is 11.8. The van der Waals surface area contributed by atoms with E-state index in [1.54, 1.807) is 0 Å². The molecule has 0 aromatic carbocycles. The Morgan fingerprint density at radius 3 is 2.72 bits per heavy atom. The summed E-state index contributed by atoms with van der Waals surface area (Å²) >= 11 is 1.84. The maximum atomic E-state index is 13.4. The van der Waals surface area contributed by atoms with Gasteiger partial charge in [0.15, 0.2) is 0 Å². The van der Waals surface area contributed by atoms with Crippen molar-refractivity contribution >= 4 is 11.8 Å². The predicted molar refractivity (Wildman–Crippen MR) is 76.5 cm³/mol. The van der Waals surface area contributed by atoms with Crippen molar-refractivity contribution < 1.29 is 8.78 Å². The molecule has 0 aromatic heterocycles. The van der Waals surface area contributed by atoms with E-state index < -0.39 is 5.92 Å². The Kier molecular flexibility index (Phi) is 6.93. The van der Waals surface area contributed by atoms with Crippen LogP contribution in [0.25, 0.3) is 0 Å². The predicted octanol–water partition coefficient (Wildman–Crippen LogP) is 4.18. The monoisotopic (exact) mass is 279 g/mol. The van der Waals surface area contributed by atoms with Crippen LogP contribution >= 0.6 is 11.8 Å². The molecule has 1 aliphatic carbocycles. The summed E-state index contributed by atoms with van der Waals surface area (Å²) < 4.78 is 26.8. The van der Waals surface area contributed by atoms with Crippen LogP contribution in [0.3, 0.4) is 0 Å². The van der Waals surface area contributed by atoms with E-state index in [4.69, 9.17) is 0 Å². The quantitative estimate of drug-likeness (QED) is 0.750. The molecule has 3 atom stereocenters. The molecule has 0 spiro atoms. The van der Waals surface area contributed by atoms with Crippen LogP contribution in [0.4, 0.5) is 8.78 Å². The number of halogens is 2. The van der Waals surface area contributed by atoms with Crippen LogP contribution in [0.15, 0.2) is 0 Å². The Labute approximate surface area is 114 Å². The van der Waals surface area contributed by atoms with Gasteiger partial charge in [0.2, 0.25) is 5.92 Å². The van der Waals surface area contributed by atoms with Gasteiger partial charge in [-0.2, -0.15) is 11.8 Å². The van der Waals surface area contributed by atoms with Gasteiger partial charge in [-0.3, -0.25) is 0 Å². The molecule has 1 saturated carbocycles. The van der Waals surface area contributed by atoms with E-state index in [2.05, 4.69) is 25.4 Å². The largest absolute Gasteiger partial charge is 0.314 e. The van der Waals surface area contributed by atoms with Gasteiger partial charge >= 0.3 is 0 Å². The third-order valence-electron chi connectivity index (χ3n) is 3.91. The molecule has 1 fully saturated rings. The molecule has 1 aliphatic rings. The number of hydrogen-bond donors (Lipinski definition) is 1. The summed E-state index contributed by atoms with van der Waals surface area (Å²) in [7, 11) is 0. The van der Waals surface area contributed by atoms with Crippen molar-refractivity contribution in [2.45, 2.75) is 57.9 Å². The lowest BCUT2D eigenvalue weighted by atomic mass is 9.80. The summed E-state index contributed by atoms with van der Waals surface area (Å²) in [6.45, 7) is 5.24. The molecule has 0 saturated heterocycles. The van der Waals surface area contributed by atoms with Gasteiger partial charge in [0, 0.05) is 18.9 Å². The molecule has 0 amide bonds. The van der Waals surface area contributed by atoms with Gasteiger partial charge in [-0.25, -0.2) is 8.78 Å². The number of alkyl halides is 2. The summed E-state index contributed by atoms with van der Waals surface area (Å²) in [6, 6.07) is 0.390. The van der Waals surface area contributed by atoms with Crippen LogP contribution in [-0.2, 0) is 0 Å². The third-order valence-corrected chi connectivity index (χ3v) is 4.77. The van der Waals surface area contributed by atoms with Gasteiger partial charge in [0.1, 0.15) is 0 Å². The molecule has 1 rings (SSSR count). The summed E-state index contributed by atoms with van der Waals surface area (Å²) in [4.78, 5) is 0. The Morgan fingerprint density at radius 2 is 2.17 bits per heavy atom. The maximum Gasteiger partial charge on any atom is 0.248 e. The van der Waals surface area contributed by atoms with Crippen LogP contribution < -0.4 is 5.32 Å². The van der Waals surface area contributed by atoms with Crippen molar-refractivity contribution in [3.63, 3.8) is 0 Å². The fraction of sp³-hybridized carbons (Fsp3) is 1.00. The minimum Gasteiger partial charge on any atom is -0.314 e. The number of hydrogen-bond acceptors (Lipinski definition) is 2. The van der Waals surface area contributed by atoms with E-state index in [1.165, 1.54) is 0 Å². The normalized spacial score (nSPS) is 26.8. The summed E-state index contributed by atoms with van der Waals surface area (Å²) in [5.74, 6) is -0.568. The number of nitrogens with one attached hydrogen (secondary N) is 1. The molecule has 18 heavy (non-hydrogen) atoms. The molecule has 1 nitrogen and oxygen atoms in total. The third kappa shape index (κ3) is 5.43. The standard InChI is InChI=1S/C14H27F2NS/c1-4-17-13(11(2)10-18-3)8-12-6-5-7-14(15,16)9-12/h11-13,17H,4-10H2,1-3H3. The smallest absolute Gasteiger partial charge is 0.248 e. The Bertz CT molecular complexity index is 236. The lowest BCUT2D eigenvalue weighted by Crippen LogP contribution is -2.39. The summed E-state index contributed by atoms with van der Waals surface area (Å²) in [6.07, 6.45) is 4.87. The van der Waals surface area contributed by atoms with Gasteiger partial charge in [0.25, 0.3) is 0 Å². The summed E-state index contributed by atoms with van der Waals surface area (Å²) in [5.41, 5.74) is 0. The van der Waals surface area contributed by atoms with Gasteiger partial charge in [-0.1, -0.05) is 13.8 Å². The molecule has 4 heteroatoms. The van der Waals surface area contributed by atoms with Crippen LogP contribution in [0.1, 0.15) is 46.0 Å². The Morgan fingerprint density at radius 1 is 1.44 bits per heavy atom. The first-order valence-corrected chi connectivity index (χ1v) is 8.48. The molecule has 0 heterocycles. The second kappa shape index (κ2) is 7.68. The molecule has 0 radical (unpaired) electrons. The van der Waals surface area contributed by atoms with Gasteiger partial charge in [-0.05, 0) is 49.7 Å². The first kappa shape index (κ1) is 16.2. The molecule has 3 unspecified atom stereocenters. The van der Waals surface area contributed by atoms with Crippen molar-refractivity contribution in [2.75, 3.05) is 18.6 Å². The van der Waals surface area contributed by atoms with E-state index in [-0.39, 0.29) is 18.8 Å². The molecule has 0 aliphatic heterocycles. The highest BCUT2D eigenvalue weighted by atomic mass is 32.2. The highest BCUT2D eigenvalue weighted by Gasteiger charge is 2.37. The van der Waals surface area contributed by atoms with E-state index in [0.29, 0.717) is 18.4 Å². The number of rotatable bonds is 7. The topological polar surface area (TPSA) is 12.0 Å². The molecular formula is C14H27F2NS. The van der Waals surface area contributed by atoms with Crippen molar-refractivity contribution in [3.8, 4) is 0 Å². The molecular weight excluding hydrogens is 252 g/mol. The lowest BCUT2D eigenvalue weighted by Gasteiger charge is -2.33. The minimum atomic E-state index is -2.41. The summed E-state index contributed by atoms with van der Waals surface area (Å²) in [5, 5.41) is 3.48. The second-order valence-electron chi connectivity index (χ2n) is 5.65. The van der Waals surface area contributed by atoms with Gasteiger partial charge in [-0.15, -0.1) is 0 Å². The van der Waals surface area contributed by atoms with Crippen molar-refractivity contribution in [3.05, 3.63) is 0 Å². The van der Waals surface area contributed by atoms with Crippen LogP contribution in [0, 0.1) is 11.8 Å². The zero-order valence-corrected chi connectivity index (χ0v) is 12.7. The van der Waals surface area contributed by atoms with E-state index in [9.17, 15) is 8.78 Å². The SMILES string of the molecule is CCNC(CC1CCCC(F)(F)C1)C(C)CSC. The molecule has 0 bridgehead atoms. The molecule has 1 N–H and O–H groups in total. The van der Waals surface area contributed by atoms with Crippen LogP contribution in [0.2, 0.25) is 0 Å². The van der Waals surface area contributed by atoms with Gasteiger partial charge < -0.3 is 5.32 Å². The Hall–Kier alpha value is 0.170. The van der Waals surface area contributed by atoms with Crippen molar-refractivity contribution in [1.82, 2.24) is 5.32 Å². The fourth-order valence-electron chi connectivity index (χ4n) is 2.99. The van der Waals surface area contributed by atoms with Crippen LogP contribution in [-0.4, -0.2) is 30.5 Å². The first-order chi connectivity index (χ1) is 8.48. The van der Waals surface area contributed by atoms with Crippen molar-refractivity contribution in [1.29, 1.82) is 0 Å². The second-order valence-corrected chi connectivity index (χ2v) is 6.56. The first-order valence-electron chi connectivity index (χ1n) is 7.08. The van der Waals surface area contributed by atoms with Crippen LogP contribution in [0.5, 0.6) is 0 Å². The fourth-order valence-corrected chi connectivity index (χ4v) is 3.75. The molecule has 0 aromatic rings. The average Bonchev–Trinajstić information content (AvgIpc) is 2.27. The average molecular weight is 279 g/mol. The zero-order chi connectivity index (χ0) is 13.6. The highest BCUT2D eigenvalue weighted by Crippen LogP contribution is 2.39. The highest BCUT2D eigenvalue weighted by molar-refractivity contribution is 7.98.